The molecule has 0 amide bonds. The topological polar surface area (TPSA) is 63.5 Å². The van der Waals surface area contributed by atoms with Crippen molar-refractivity contribution in [2.24, 2.45) is 0 Å². The van der Waals surface area contributed by atoms with Gasteiger partial charge in [-0.15, -0.1) is 0 Å². The predicted molar refractivity (Wildman–Crippen MR) is 69.1 cm³/mol. The molecule has 0 aliphatic carbocycles. The number of anilines is 1. The molecule has 0 fully saturated rings. The fourth-order valence-electron chi connectivity index (χ4n) is 2.02. The second-order valence-corrected chi connectivity index (χ2v) is 4.22. The Morgan fingerprint density at radius 3 is 2.72 bits per heavy atom. The number of carbonyl (C=O) groups is 1. The zero-order chi connectivity index (χ0) is 13.1. The standard InChI is InChI=1S/C13H14N2O3/c1-10(16)11-5-6-12(13(9-11)15(17)18)14-7-3-2-4-8-14/h2-3,5-6,9H,4,7-8H2,1H3. The van der Waals surface area contributed by atoms with Gasteiger partial charge >= 0.3 is 0 Å². The molecule has 1 aromatic rings. The van der Waals surface area contributed by atoms with Crippen molar-refractivity contribution in [3.8, 4) is 0 Å². The molecule has 94 valence electrons. The number of nitrogens with zero attached hydrogens (tertiary/aromatic N) is 2. The lowest BCUT2D eigenvalue weighted by Crippen LogP contribution is -2.27. The van der Waals surface area contributed by atoms with E-state index in [0.29, 0.717) is 17.8 Å². The Morgan fingerprint density at radius 2 is 2.17 bits per heavy atom. The van der Waals surface area contributed by atoms with Crippen LogP contribution in [0, 0.1) is 10.1 Å². The van der Waals surface area contributed by atoms with Crippen LogP contribution in [-0.2, 0) is 0 Å². The van der Waals surface area contributed by atoms with Crippen LogP contribution in [0.15, 0.2) is 30.4 Å². The van der Waals surface area contributed by atoms with E-state index in [1.165, 1.54) is 13.0 Å². The number of hydrogen-bond donors (Lipinski definition) is 0. The van der Waals surface area contributed by atoms with Crippen LogP contribution in [0.2, 0.25) is 0 Å². The first kappa shape index (κ1) is 12.3. The van der Waals surface area contributed by atoms with E-state index in [2.05, 4.69) is 6.08 Å². The fourth-order valence-corrected chi connectivity index (χ4v) is 2.02. The van der Waals surface area contributed by atoms with Gasteiger partial charge in [0.05, 0.1) is 4.92 Å². The van der Waals surface area contributed by atoms with Crippen LogP contribution in [0.5, 0.6) is 0 Å². The third kappa shape index (κ3) is 2.40. The van der Waals surface area contributed by atoms with Gasteiger partial charge in [0.25, 0.3) is 5.69 Å². The lowest BCUT2D eigenvalue weighted by atomic mass is 10.1. The Morgan fingerprint density at radius 1 is 1.39 bits per heavy atom. The summed E-state index contributed by atoms with van der Waals surface area (Å²) in [7, 11) is 0. The van der Waals surface area contributed by atoms with E-state index in [-0.39, 0.29) is 11.5 Å². The van der Waals surface area contributed by atoms with Crippen LogP contribution in [-0.4, -0.2) is 23.8 Å². The molecule has 1 heterocycles. The third-order valence-corrected chi connectivity index (χ3v) is 2.98. The van der Waals surface area contributed by atoms with Crippen LogP contribution in [0.3, 0.4) is 0 Å². The average Bonchev–Trinajstić information content (AvgIpc) is 2.39. The van der Waals surface area contributed by atoms with Gasteiger partial charge in [0.15, 0.2) is 5.78 Å². The van der Waals surface area contributed by atoms with Gasteiger partial charge in [-0.2, -0.15) is 0 Å². The van der Waals surface area contributed by atoms with Crippen molar-refractivity contribution in [1.29, 1.82) is 0 Å². The van der Waals surface area contributed by atoms with Crippen LogP contribution in [0.4, 0.5) is 11.4 Å². The summed E-state index contributed by atoms with van der Waals surface area (Å²) in [6.45, 7) is 2.83. The molecule has 0 radical (unpaired) electrons. The molecule has 0 unspecified atom stereocenters. The summed E-state index contributed by atoms with van der Waals surface area (Å²) in [5, 5.41) is 11.1. The number of carbonyl (C=O) groups excluding carboxylic acids is 1. The second-order valence-electron chi connectivity index (χ2n) is 4.22. The molecule has 0 bridgehead atoms. The molecule has 18 heavy (non-hydrogen) atoms. The van der Waals surface area contributed by atoms with E-state index < -0.39 is 4.92 Å². The second kappa shape index (κ2) is 5.00. The highest BCUT2D eigenvalue weighted by atomic mass is 16.6. The normalized spacial score (nSPS) is 14.6. The van der Waals surface area contributed by atoms with Gasteiger partial charge in [0.2, 0.25) is 0 Å². The zero-order valence-corrected chi connectivity index (χ0v) is 10.1. The van der Waals surface area contributed by atoms with Gasteiger partial charge in [0, 0.05) is 24.7 Å². The van der Waals surface area contributed by atoms with Crippen molar-refractivity contribution in [2.45, 2.75) is 13.3 Å². The molecule has 2 rings (SSSR count). The maximum absolute atomic E-state index is 11.3. The number of nitro groups is 1. The minimum Gasteiger partial charge on any atom is -0.362 e. The Balaban J connectivity index is 2.43. The Bertz CT molecular complexity index is 523. The summed E-state index contributed by atoms with van der Waals surface area (Å²) in [5.74, 6) is -0.164. The molecule has 1 aromatic carbocycles. The summed E-state index contributed by atoms with van der Waals surface area (Å²) in [5.41, 5.74) is 0.949. The van der Waals surface area contributed by atoms with Gasteiger partial charge in [-0.3, -0.25) is 14.9 Å². The van der Waals surface area contributed by atoms with Gasteiger partial charge < -0.3 is 4.90 Å². The SMILES string of the molecule is CC(=O)c1ccc(N2CC=CCC2)c([N+](=O)[O-])c1. The van der Waals surface area contributed by atoms with Crippen LogP contribution >= 0.6 is 0 Å². The van der Waals surface area contributed by atoms with Crippen molar-refractivity contribution in [1.82, 2.24) is 0 Å². The predicted octanol–water partition coefficient (Wildman–Crippen LogP) is 2.56. The van der Waals surface area contributed by atoms with Crippen LogP contribution in [0.25, 0.3) is 0 Å². The van der Waals surface area contributed by atoms with Gasteiger partial charge in [-0.1, -0.05) is 12.2 Å². The summed E-state index contributed by atoms with van der Waals surface area (Å²) >= 11 is 0. The highest BCUT2D eigenvalue weighted by Gasteiger charge is 2.21. The zero-order valence-electron chi connectivity index (χ0n) is 10.1. The maximum atomic E-state index is 11.3. The smallest absolute Gasteiger partial charge is 0.293 e. The van der Waals surface area contributed by atoms with Gasteiger partial charge in [0.1, 0.15) is 5.69 Å². The number of nitro benzene ring substituents is 1. The van der Waals surface area contributed by atoms with Crippen molar-refractivity contribution in [2.75, 3.05) is 18.0 Å². The number of Topliss-reactive ketones (excluding diaryl/α,β-unsaturated/α-hetero) is 1. The van der Waals surface area contributed by atoms with E-state index >= 15 is 0 Å². The average molecular weight is 246 g/mol. The highest BCUT2D eigenvalue weighted by Crippen LogP contribution is 2.30. The van der Waals surface area contributed by atoms with Crippen molar-refractivity contribution >= 4 is 17.2 Å². The third-order valence-electron chi connectivity index (χ3n) is 2.98. The summed E-state index contributed by atoms with van der Waals surface area (Å²) in [6.07, 6.45) is 4.93. The molecule has 0 spiro atoms. The van der Waals surface area contributed by atoms with Crippen molar-refractivity contribution < 1.29 is 9.72 Å². The minimum absolute atomic E-state index is 0.00185. The number of benzene rings is 1. The van der Waals surface area contributed by atoms with Gasteiger partial charge in [-0.05, 0) is 25.5 Å². The number of ketones is 1. The Labute approximate surface area is 105 Å². The first-order valence-corrected chi connectivity index (χ1v) is 5.79. The Kier molecular flexibility index (Phi) is 3.41. The van der Waals surface area contributed by atoms with Gasteiger partial charge in [-0.25, -0.2) is 0 Å². The molecular formula is C13H14N2O3. The summed E-state index contributed by atoms with van der Waals surface area (Å²) < 4.78 is 0. The molecule has 0 aromatic heterocycles. The van der Waals surface area contributed by atoms with E-state index in [1.54, 1.807) is 12.1 Å². The summed E-state index contributed by atoms with van der Waals surface area (Å²) in [4.78, 5) is 23.9. The maximum Gasteiger partial charge on any atom is 0.293 e. The molecule has 0 saturated heterocycles. The first-order valence-electron chi connectivity index (χ1n) is 5.79. The van der Waals surface area contributed by atoms with Crippen molar-refractivity contribution in [3.63, 3.8) is 0 Å². The number of rotatable bonds is 3. The highest BCUT2D eigenvalue weighted by molar-refractivity contribution is 5.95. The molecule has 5 heteroatoms. The lowest BCUT2D eigenvalue weighted by Gasteiger charge is -2.25. The molecule has 1 aliphatic rings. The molecule has 1 aliphatic heterocycles. The fraction of sp³-hybridized carbons (Fsp3) is 0.308. The Hall–Kier alpha value is -2.17. The largest absolute Gasteiger partial charge is 0.362 e. The number of hydrogen-bond acceptors (Lipinski definition) is 4. The van der Waals surface area contributed by atoms with Crippen molar-refractivity contribution in [3.05, 3.63) is 46.0 Å². The molecule has 0 N–H and O–H groups in total. The minimum atomic E-state index is -0.430. The molecule has 0 saturated carbocycles. The van der Waals surface area contributed by atoms with Crippen LogP contribution in [0.1, 0.15) is 23.7 Å². The van der Waals surface area contributed by atoms with E-state index in [4.69, 9.17) is 0 Å². The van der Waals surface area contributed by atoms with E-state index in [0.717, 1.165) is 13.0 Å². The monoisotopic (exact) mass is 246 g/mol. The lowest BCUT2D eigenvalue weighted by molar-refractivity contribution is -0.384. The van der Waals surface area contributed by atoms with E-state index in [9.17, 15) is 14.9 Å². The molecule has 5 nitrogen and oxygen atoms in total. The first-order chi connectivity index (χ1) is 8.59. The van der Waals surface area contributed by atoms with Crippen LogP contribution < -0.4 is 4.90 Å². The molecule has 0 atom stereocenters. The molecular weight excluding hydrogens is 232 g/mol. The summed E-state index contributed by atoms with van der Waals surface area (Å²) in [6, 6.07) is 4.66. The van der Waals surface area contributed by atoms with E-state index in [1.807, 2.05) is 11.0 Å². The quantitative estimate of drug-likeness (QED) is 0.356.